The van der Waals surface area contributed by atoms with Crippen LogP contribution in [0.25, 0.3) is 0 Å². The van der Waals surface area contributed by atoms with Crippen molar-refractivity contribution in [3.05, 3.63) is 27.1 Å². The summed E-state index contributed by atoms with van der Waals surface area (Å²) < 4.78 is 7.01. The summed E-state index contributed by atoms with van der Waals surface area (Å²) in [5, 5.41) is 2.67. The lowest BCUT2D eigenvalue weighted by Gasteiger charge is -2.08. The van der Waals surface area contributed by atoms with Gasteiger partial charge in [-0.05, 0) is 28.4 Å². The molecule has 0 aromatic carbocycles. The summed E-state index contributed by atoms with van der Waals surface area (Å²) in [7, 11) is 1.63. The Morgan fingerprint density at radius 1 is 1.56 bits per heavy atom. The number of pyridine rings is 1. The van der Waals surface area contributed by atoms with Crippen LogP contribution < -0.4 is 10.9 Å². The van der Waals surface area contributed by atoms with Gasteiger partial charge in [-0.25, -0.2) is 0 Å². The SMILES string of the molecule is CCCCOCC(=O)Nc1cc(Br)c(=O)n(C)c1. The molecule has 1 aromatic rings. The first kappa shape index (κ1) is 14.9. The number of hydrogen-bond acceptors (Lipinski definition) is 3. The zero-order valence-electron chi connectivity index (χ0n) is 10.5. The van der Waals surface area contributed by atoms with Crippen LogP contribution in [-0.4, -0.2) is 23.7 Å². The van der Waals surface area contributed by atoms with Crippen molar-refractivity contribution < 1.29 is 9.53 Å². The third kappa shape index (κ3) is 4.62. The molecule has 0 bridgehead atoms. The molecule has 100 valence electrons. The topological polar surface area (TPSA) is 60.3 Å². The van der Waals surface area contributed by atoms with Crippen molar-refractivity contribution in [3.63, 3.8) is 0 Å². The van der Waals surface area contributed by atoms with Gasteiger partial charge in [0.15, 0.2) is 0 Å². The van der Waals surface area contributed by atoms with Gasteiger partial charge in [0.2, 0.25) is 5.91 Å². The Bertz CT molecular complexity index is 445. The molecule has 0 aliphatic rings. The van der Waals surface area contributed by atoms with Gasteiger partial charge in [-0.3, -0.25) is 9.59 Å². The number of unbranched alkanes of at least 4 members (excludes halogenated alkanes) is 1. The summed E-state index contributed by atoms with van der Waals surface area (Å²) in [5.74, 6) is -0.225. The lowest BCUT2D eigenvalue weighted by atomic mass is 10.4. The molecule has 0 aliphatic carbocycles. The number of ether oxygens (including phenoxy) is 1. The first-order valence-corrected chi connectivity index (χ1v) is 6.57. The van der Waals surface area contributed by atoms with Gasteiger partial charge in [0, 0.05) is 19.9 Å². The van der Waals surface area contributed by atoms with E-state index in [9.17, 15) is 9.59 Å². The molecule has 0 fully saturated rings. The van der Waals surface area contributed by atoms with E-state index in [-0.39, 0.29) is 18.1 Å². The van der Waals surface area contributed by atoms with Gasteiger partial charge >= 0.3 is 0 Å². The van der Waals surface area contributed by atoms with E-state index in [0.29, 0.717) is 16.8 Å². The Kier molecular flexibility index (Phi) is 6.07. The van der Waals surface area contributed by atoms with Gasteiger partial charge < -0.3 is 14.6 Å². The fourth-order valence-corrected chi connectivity index (χ4v) is 1.87. The Balaban J connectivity index is 2.52. The maximum atomic E-state index is 11.5. The summed E-state index contributed by atoms with van der Waals surface area (Å²) in [4.78, 5) is 23.0. The highest BCUT2D eigenvalue weighted by atomic mass is 79.9. The van der Waals surface area contributed by atoms with Gasteiger partial charge in [-0.1, -0.05) is 13.3 Å². The van der Waals surface area contributed by atoms with E-state index in [2.05, 4.69) is 28.2 Å². The second-order valence-electron chi connectivity index (χ2n) is 3.95. The number of halogens is 1. The Morgan fingerprint density at radius 2 is 2.28 bits per heavy atom. The normalized spacial score (nSPS) is 10.4. The molecule has 0 radical (unpaired) electrons. The minimum Gasteiger partial charge on any atom is -0.372 e. The summed E-state index contributed by atoms with van der Waals surface area (Å²) in [5.41, 5.74) is 0.417. The molecule has 1 aromatic heterocycles. The summed E-state index contributed by atoms with van der Waals surface area (Å²) in [6, 6.07) is 1.58. The van der Waals surface area contributed by atoms with Crippen LogP contribution in [0.5, 0.6) is 0 Å². The molecule has 0 saturated heterocycles. The first-order chi connectivity index (χ1) is 8.54. The average Bonchev–Trinajstić information content (AvgIpc) is 2.31. The predicted octanol–water partition coefficient (Wildman–Crippen LogP) is 1.90. The number of nitrogens with one attached hydrogen (secondary N) is 1. The molecule has 0 spiro atoms. The fraction of sp³-hybridized carbons (Fsp3) is 0.500. The fourth-order valence-electron chi connectivity index (χ4n) is 1.35. The molecular weight excluding hydrogens is 300 g/mol. The monoisotopic (exact) mass is 316 g/mol. The van der Waals surface area contributed by atoms with E-state index < -0.39 is 0 Å². The number of hydrogen-bond donors (Lipinski definition) is 1. The third-order valence-corrected chi connectivity index (χ3v) is 2.87. The average molecular weight is 317 g/mol. The minimum absolute atomic E-state index is 0.0282. The molecule has 0 aliphatic heterocycles. The number of aromatic nitrogens is 1. The van der Waals surface area contributed by atoms with Crippen molar-refractivity contribution in [1.29, 1.82) is 0 Å². The van der Waals surface area contributed by atoms with Crippen LogP contribution in [0.4, 0.5) is 5.69 Å². The number of anilines is 1. The maximum Gasteiger partial charge on any atom is 0.264 e. The Morgan fingerprint density at radius 3 is 2.89 bits per heavy atom. The zero-order valence-corrected chi connectivity index (χ0v) is 12.1. The number of carbonyl (C=O) groups is 1. The van der Waals surface area contributed by atoms with E-state index in [0.717, 1.165) is 12.8 Å². The van der Waals surface area contributed by atoms with E-state index >= 15 is 0 Å². The van der Waals surface area contributed by atoms with Crippen LogP contribution in [0.15, 0.2) is 21.5 Å². The molecule has 1 heterocycles. The highest BCUT2D eigenvalue weighted by Crippen LogP contribution is 2.11. The van der Waals surface area contributed by atoms with Crippen LogP contribution in [0, 0.1) is 0 Å². The lowest BCUT2D eigenvalue weighted by Crippen LogP contribution is -2.22. The van der Waals surface area contributed by atoms with Crippen LogP contribution in [-0.2, 0) is 16.6 Å². The van der Waals surface area contributed by atoms with E-state index in [1.807, 2.05) is 0 Å². The molecule has 1 rings (SSSR count). The maximum absolute atomic E-state index is 11.5. The predicted molar refractivity (Wildman–Crippen MR) is 73.7 cm³/mol. The number of carbonyl (C=O) groups excluding carboxylic acids is 1. The standard InChI is InChI=1S/C12H17BrN2O3/c1-3-4-5-18-8-11(16)14-9-6-10(13)12(17)15(2)7-9/h6-7H,3-5,8H2,1-2H3,(H,14,16). The second-order valence-corrected chi connectivity index (χ2v) is 4.80. The molecule has 5 nitrogen and oxygen atoms in total. The highest BCUT2D eigenvalue weighted by molar-refractivity contribution is 9.10. The second kappa shape index (κ2) is 7.33. The summed E-state index contributed by atoms with van der Waals surface area (Å²) >= 11 is 3.14. The van der Waals surface area contributed by atoms with Crippen LogP contribution >= 0.6 is 15.9 Å². The molecule has 0 unspecified atom stereocenters. The van der Waals surface area contributed by atoms with Crippen molar-refractivity contribution in [2.24, 2.45) is 7.05 Å². The first-order valence-electron chi connectivity index (χ1n) is 5.78. The molecular formula is C12H17BrN2O3. The van der Waals surface area contributed by atoms with Crippen molar-refractivity contribution >= 4 is 27.5 Å². The molecule has 0 atom stereocenters. The van der Waals surface area contributed by atoms with Crippen LogP contribution in [0.2, 0.25) is 0 Å². The number of nitrogens with zero attached hydrogens (tertiary/aromatic N) is 1. The molecule has 1 amide bonds. The van der Waals surface area contributed by atoms with E-state index in [1.165, 1.54) is 4.57 Å². The van der Waals surface area contributed by atoms with Crippen molar-refractivity contribution in [2.75, 3.05) is 18.5 Å². The molecule has 0 saturated carbocycles. The van der Waals surface area contributed by atoms with E-state index in [1.54, 1.807) is 19.3 Å². The minimum atomic E-state index is -0.225. The quantitative estimate of drug-likeness (QED) is 0.815. The molecule has 6 heteroatoms. The van der Waals surface area contributed by atoms with Crippen molar-refractivity contribution in [3.8, 4) is 0 Å². The van der Waals surface area contributed by atoms with Crippen LogP contribution in [0.1, 0.15) is 19.8 Å². The molecule has 1 N–H and O–H groups in total. The smallest absolute Gasteiger partial charge is 0.264 e. The largest absolute Gasteiger partial charge is 0.372 e. The number of rotatable bonds is 6. The summed E-state index contributed by atoms with van der Waals surface area (Å²) in [6.45, 7) is 2.67. The van der Waals surface area contributed by atoms with Crippen molar-refractivity contribution in [1.82, 2.24) is 4.57 Å². The van der Waals surface area contributed by atoms with E-state index in [4.69, 9.17) is 4.74 Å². The number of amides is 1. The van der Waals surface area contributed by atoms with Gasteiger partial charge in [0.05, 0.1) is 10.2 Å². The molecule has 18 heavy (non-hydrogen) atoms. The zero-order chi connectivity index (χ0) is 13.5. The third-order valence-electron chi connectivity index (χ3n) is 2.30. The van der Waals surface area contributed by atoms with Gasteiger partial charge in [0.1, 0.15) is 6.61 Å². The Labute approximate surface area is 114 Å². The number of aryl methyl sites for hydroxylation is 1. The van der Waals surface area contributed by atoms with Gasteiger partial charge in [-0.15, -0.1) is 0 Å². The summed E-state index contributed by atoms with van der Waals surface area (Å²) in [6.07, 6.45) is 3.55. The lowest BCUT2D eigenvalue weighted by molar-refractivity contribution is -0.120. The van der Waals surface area contributed by atoms with Gasteiger partial charge in [0.25, 0.3) is 5.56 Å². The van der Waals surface area contributed by atoms with Gasteiger partial charge in [-0.2, -0.15) is 0 Å². The van der Waals surface area contributed by atoms with Crippen LogP contribution in [0.3, 0.4) is 0 Å². The highest BCUT2D eigenvalue weighted by Gasteiger charge is 2.06. The van der Waals surface area contributed by atoms with Crippen molar-refractivity contribution in [2.45, 2.75) is 19.8 Å². The Hall–Kier alpha value is -1.14.